The smallest absolute Gasteiger partial charge is 0.241 e. The first kappa shape index (κ1) is 13.0. The highest BCUT2D eigenvalue weighted by Gasteiger charge is 2.08. The highest BCUT2D eigenvalue weighted by molar-refractivity contribution is 9.10. The van der Waals surface area contributed by atoms with E-state index in [0.717, 1.165) is 10.0 Å². The van der Waals surface area contributed by atoms with E-state index in [1.807, 2.05) is 19.9 Å². The molecule has 88 valence electrons. The largest absolute Gasteiger partial charge is 0.360 e. The van der Waals surface area contributed by atoms with Gasteiger partial charge in [-0.05, 0) is 41.4 Å². The lowest BCUT2D eigenvalue weighted by atomic mass is 10.3. The van der Waals surface area contributed by atoms with Crippen LogP contribution in [0, 0.1) is 6.92 Å². The molecular formula is C11H16BrN3O. The van der Waals surface area contributed by atoms with Gasteiger partial charge in [-0.2, -0.15) is 0 Å². The van der Waals surface area contributed by atoms with E-state index >= 15 is 0 Å². The van der Waals surface area contributed by atoms with Gasteiger partial charge >= 0.3 is 0 Å². The third-order valence-electron chi connectivity index (χ3n) is 2.39. The van der Waals surface area contributed by atoms with Gasteiger partial charge in [-0.1, -0.05) is 0 Å². The lowest BCUT2D eigenvalue weighted by Crippen LogP contribution is -2.32. The molecular weight excluding hydrogens is 270 g/mol. The number of halogens is 1. The normalized spacial score (nSPS) is 10.0. The minimum atomic E-state index is 0.0534. The Morgan fingerprint density at radius 3 is 2.94 bits per heavy atom. The van der Waals surface area contributed by atoms with Gasteiger partial charge in [0.15, 0.2) is 0 Å². The van der Waals surface area contributed by atoms with Crippen LogP contribution in [-0.4, -0.2) is 35.9 Å². The van der Waals surface area contributed by atoms with Gasteiger partial charge in [-0.15, -0.1) is 0 Å². The van der Waals surface area contributed by atoms with Crippen molar-refractivity contribution in [1.82, 2.24) is 9.88 Å². The number of pyridine rings is 1. The number of carbonyl (C=O) groups is 1. The zero-order chi connectivity index (χ0) is 12.1. The second-order valence-electron chi connectivity index (χ2n) is 3.55. The Bertz CT molecular complexity index is 381. The number of likely N-dealkylation sites (N-methyl/N-ethyl adjacent to an activating group) is 1. The maximum absolute atomic E-state index is 11.6. The van der Waals surface area contributed by atoms with Crippen LogP contribution in [0.4, 0.5) is 5.82 Å². The molecule has 0 aliphatic rings. The summed E-state index contributed by atoms with van der Waals surface area (Å²) >= 11 is 3.43. The number of hydrogen-bond donors (Lipinski definition) is 1. The molecule has 0 saturated carbocycles. The molecule has 1 aromatic heterocycles. The Kier molecular flexibility index (Phi) is 4.73. The van der Waals surface area contributed by atoms with Crippen LogP contribution in [0.3, 0.4) is 0 Å². The molecule has 16 heavy (non-hydrogen) atoms. The molecule has 0 aromatic carbocycles. The van der Waals surface area contributed by atoms with E-state index in [-0.39, 0.29) is 12.5 Å². The zero-order valence-electron chi connectivity index (χ0n) is 9.75. The van der Waals surface area contributed by atoms with Gasteiger partial charge in [0.05, 0.1) is 11.0 Å². The van der Waals surface area contributed by atoms with E-state index in [1.54, 1.807) is 18.1 Å². The van der Waals surface area contributed by atoms with Gasteiger partial charge in [0.2, 0.25) is 5.91 Å². The van der Waals surface area contributed by atoms with Gasteiger partial charge in [-0.25, -0.2) is 4.98 Å². The molecule has 0 bridgehead atoms. The topological polar surface area (TPSA) is 45.2 Å². The summed E-state index contributed by atoms with van der Waals surface area (Å²) in [6, 6.07) is 1.91. The summed E-state index contributed by atoms with van der Waals surface area (Å²) < 4.78 is 0.905. The van der Waals surface area contributed by atoms with Crippen molar-refractivity contribution in [2.75, 3.05) is 25.5 Å². The van der Waals surface area contributed by atoms with Crippen molar-refractivity contribution in [2.45, 2.75) is 13.8 Å². The second-order valence-corrected chi connectivity index (χ2v) is 4.34. The lowest BCUT2D eigenvalue weighted by Gasteiger charge is -2.15. The molecule has 0 radical (unpaired) electrons. The SMILES string of the molecule is CCN(C)C(=O)CNc1nccc(C)c1Br. The number of carbonyl (C=O) groups excluding carboxylic acids is 1. The molecule has 0 aliphatic carbocycles. The molecule has 0 fully saturated rings. The Balaban J connectivity index is 2.61. The van der Waals surface area contributed by atoms with Crippen molar-refractivity contribution in [1.29, 1.82) is 0 Å². The summed E-state index contributed by atoms with van der Waals surface area (Å²) in [5.74, 6) is 0.760. The Hall–Kier alpha value is -1.10. The molecule has 1 aromatic rings. The number of aryl methyl sites for hydroxylation is 1. The van der Waals surface area contributed by atoms with Crippen LogP contribution in [-0.2, 0) is 4.79 Å². The summed E-state index contributed by atoms with van der Waals surface area (Å²) in [6.07, 6.45) is 1.72. The third-order valence-corrected chi connectivity index (χ3v) is 3.39. The number of nitrogens with zero attached hydrogens (tertiary/aromatic N) is 2. The molecule has 5 heteroatoms. The first-order chi connectivity index (χ1) is 7.56. The predicted octanol–water partition coefficient (Wildman–Crippen LogP) is 2.04. The van der Waals surface area contributed by atoms with Crippen molar-refractivity contribution >= 4 is 27.7 Å². The van der Waals surface area contributed by atoms with Crippen LogP contribution in [0.5, 0.6) is 0 Å². The zero-order valence-corrected chi connectivity index (χ0v) is 11.3. The van der Waals surface area contributed by atoms with E-state index in [9.17, 15) is 4.79 Å². The molecule has 4 nitrogen and oxygen atoms in total. The number of amides is 1. The molecule has 0 spiro atoms. The van der Waals surface area contributed by atoms with Crippen LogP contribution in [0.25, 0.3) is 0 Å². The van der Waals surface area contributed by atoms with Gasteiger partial charge in [-0.3, -0.25) is 4.79 Å². The Morgan fingerprint density at radius 1 is 1.62 bits per heavy atom. The van der Waals surface area contributed by atoms with E-state index in [4.69, 9.17) is 0 Å². The fourth-order valence-corrected chi connectivity index (χ4v) is 1.51. The van der Waals surface area contributed by atoms with Crippen LogP contribution < -0.4 is 5.32 Å². The average molecular weight is 286 g/mol. The third kappa shape index (κ3) is 3.20. The molecule has 1 amide bonds. The number of rotatable bonds is 4. The van der Waals surface area contributed by atoms with Gasteiger partial charge < -0.3 is 10.2 Å². The van der Waals surface area contributed by atoms with Crippen molar-refractivity contribution in [3.8, 4) is 0 Å². The van der Waals surface area contributed by atoms with E-state index in [1.165, 1.54) is 0 Å². The molecule has 0 aliphatic heterocycles. The van der Waals surface area contributed by atoms with Crippen LogP contribution >= 0.6 is 15.9 Å². The summed E-state index contributed by atoms with van der Waals surface area (Å²) in [6.45, 7) is 4.90. The summed E-state index contributed by atoms with van der Waals surface area (Å²) in [4.78, 5) is 17.4. The fourth-order valence-electron chi connectivity index (χ4n) is 1.13. The maximum atomic E-state index is 11.6. The van der Waals surface area contributed by atoms with Gasteiger partial charge in [0, 0.05) is 19.8 Å². The van der Waals surface area contributed by atoms with Crippen molar-refractivity contribution < 1.29 is 4.79 Å². The number of hydrogen-bond acceptors (Lipinski definition) is 3. The minimum absolute atomic E-state index is 0.0534. The monoisotopic (exact) mass is 285 g/mol. The van der Waals surface area contributed by atoms with Crippen LogP contribution in [0.2, 0.25) is 0 Å². The quantitative estimate of drug-likeness (QED) is 0.921. The second kappa shape index (κ2) is 5.84. The fraction of sp³-hybridized carbons (Fsp3) is 0.455. The highest BCUT2D eigenvalue weighted by atomic mass is 79.9. The Morgan fingerprint density at radius 2 is 2.31 bits per heavy atom. The van der Waals surface area contributed by atoms with Gasteiger partial charge in [0.1, 0.15) is 5.82 Å². The van der Waals surface area contributed by atoms with Crippen molar-refractivity contribution in [2.24, 2.45) is 0 Å². The molecule has 1 rings (SSSR count). The average Bonchev–Trinajstić information content (AvgIpc) is 2.29. The molecule has 1 heterocycles. The lowest BCUT2D eigenvalue weighted by molar-refractivity contribution is -0.127. The number of anilines is 1. The molecule has 0 unspecified atom stereocenters. The standard InChI is InChI=1S/C11H16BrN3O/c1-4-15(3)9(16)7-14-11-10(12)8(2)5-6-13-11/h5-6H,4,7H2,1-3H3,(H,13,14). The van der Waals surface area contributed by atoms with E-state index in [0.29, 0.717) is 12.4 Å². The number of nitrogens with one attached hydrogen (secondary N) is 1. The first-order valence-electron chi connectivity index (χ1n) is 5.15. The summed E-state index contributed by atoms with van der Waals surface area (Å²) in [7, 11) is 1.78. The van der Waals surface area contributed by atoms with E-state index in [2.05, 4.69) is 26.2 Å². The van der Waals surface area contributed by atoms with Gasteiger partial charge in [0.25, 0.3) is 0 Å². The maximum Gasteiger partial charge on any atom is 0.241 e. The summed E-state index contributed by atoms with van der Waals surface area (Å²) in [5.41, 5.74) is 1.09. The highest BCUT2D eigenvalue weighted by Crippen LogP contribution is 2.22. The molecule has 0 atom stereocenters. The molecule has 0 saturated heterocycles. The van der Waals surface area contributed by atoms with E-state index < -0.39 is 0 Å². The summed E-state index contributed by atoms with van der Waals surface area (Å²) in [5, 5.41) is 3.02. The van der Waals surface area contributed by atoms with Crippen LogP contribution in [0.1, 0.15) is 12.5 Å². The first-order valence-corrected chi connectivity index (χ1v) is 5.94. The minimum Gasteiger partial charge on any atom is -0.360 e. The Labute approximate surface area is 104 Å². The van der Waals surface area contributed by atoms with Crippen molar-refractivity contribution in [3.05, 3.63) is 22.3 Å². The van der Waals surface area contributed by atoms with Crippen molar-refractivity contribution in [3.63, 3.8) is 0 Å². The number of aromatic nitrogens is 1. The molecule has 1 N–H and O–H groups in total. The van der Waals surface area contributed by atoms with Crippen LogP contribution in [0.15, 0.2) is 16.7 Å². The predicted molar refractivity (Wildman–Crippen MR) is 68.5 cm³/mol.